The number of morpholine rings is 1. The molecule has 9 heteroatoms. The third kappa shape index (κ3) is 5.94. The Kier molecular flexibility index (Phi) is 7.83. The molecule has 1 aliphatic rings. The summed E-state index contributed by atoms with van der Waals surface area (Å²) in [5.41, 5.74) is 0. The number of benzene rings is 1. The van der Waals surface area contributed by atoms with Gasteiger partial charge in [-0.1, -0.05) is 0 Å². The molecule has 0 saturated carbocycles. The van der Waals surface area contributed by atoms with Crippen LogP contribution in [0.2, 0.25) is 0 Å². The van der Waals surface area contributed by atoms with Crippen molar-refractivity contribution < 1.29 is 27.4 Å². The summed E-state index contributed by atoms with van der Waals surface area (Å²) in [6.07, 6.45) is -0.0549. The van der Waals surface area contributed by atoms with Crippen LogP contribution in [0.15, 0.2) is 29.2 Å². The van der Waals surface area contributed by atoms with Gasteiger partial charge in [-0.2, -0.15) is 0 Å². The predicted octanol–water partition coefficient (Wildman–Crippen LogP) is 0.628. The smallest absolute Gasteiger partial charge is 0.263 e. The Balaban J connectivity index is 1.90. The van der Waals surface area contributed by atoms with E-state index in [1.54, 1.807) is 31.1 Å². The van der Waals surface area contributed by atoms with Crippen molar-refractivity contribution >= 4 is 15.9 Å². The summed E-state index contributed by atoms with van der Waals surface area (Å²) in [5.74, 6) is 0.335. The number of nitrogens with zero attached hydrogens (tertiary/aromatic N) is 1. The van der Waals surface area contributed by atoms with E-state index in [0.29, 0.717) is 51.6 Å². The number of ether oxygens (including phenoxy) is 3. The van der Waals surface area contributed by atoms with Crippen LogP contribution in [0.3, 0.4) is 0 Å². The topological polar surface area (TPSA) is 94.2 Å². The number of sulfonamides is 1. The van der Waals surface area contributed by atoms with Crippen LogP contribution in [0, 0.1) is 0 Å². The van der Waals surface area contributed by atoms with Crippen molar-refractivity contribution in [2.24, 2.45) is 0 Å². The Morgan fingerprint density at radius 1 is 1.27 bits per heavy atom. The molecule has 146 valence electrons. The van der Waals surface area contributed by atoms with Gasteiger partial charge in [0.2, 0.25) is 10.0 Å². The molecule has 8 nitrogen and oxygen atoms in total. The van der Waals surface area contributed by atoms with Gasteiger partial charge in [0.25, 0.3) is 5.91 Å². The van der Waals surface area contributed by atoms with Crippen LogP contribution in [-0.4, -0.2) is 71.9 Å². The van der Waals surface area contributed by atoms with Crippen LogP contribution >= 0.6 is 0 Å². The van der Waals surface area contributed by atoms with Crippen molar-refractivity contribution in [1.29, 1.82) is 0 Å². The molecule has 0 unspecified atom stereocenters. The molecule has 0 bridgehead atoms. The summed E-state index contributed by atoms with van der Waals surface area (Å²) in [7, 11) is -2.00. The molecule has 1 heterocycles. The van der Waals surface area contributed by atoms with Crippen LogP contribution in [0.4, 0.5) is 0 Å². The number of carbonyl (C=O) groups excluding carboxylic acids is 1. The second-order valence-corrected chi connectivity index (χ2v) is 7.68. The lowest BCUT2D eigenvalue weighted by molar-refractivity contribution is -0.142. The molecule has 1 aromatic rings. The second-order valence-electron chi connectivity index (χ2n) is 5.91. The molecular weight excluding hydrogens is 360 g/mol. The minimum atomic E-state index is -3.57. The molecule has 1 N–H and O–H groups in total. The van der Waals surface area contributed by atoms with Gasteiger partial charge in [0.1, 0.15) is 5.75 Å². The molecule has 1 aliphatic heterocycles. The third-order valence-electron chi connectivity index (χ3n) is 3.93. The van der Waals surface area contributed by atoms with Crippen molar-refractivity contribution in [2.75, 3.05) is 46.6 Å². The average Bonchev–Trinajstić information content (AvgIpc) is 2.66. The lowest BCUT2D eigenvalue weighted by Crippen LogP contribution is -2.46. The first kappa shape index (κ1) is 20.6. The Bertz CT molecular complexity index is 671. The standard InChI is InChI=1S/C17H26N2O6S/c1-14(17(20)19-9-12-24-13-10-19)25-15-4-6-16(7-5-15)26(21,22)18-8-3-11-23-2/h4-7,14,18H,3,8-13H2,1-2H3/t14-/m0/s1. The Morgan fingerprint density at radius 2 is 1.92 bits per heavy atom. The summed E-state index contributed by atoms with van der Waals surface area (Å²) in [6.45, 7) is 4.64. The Labute approximate surface area is 154 Å². The van der Waals surface area contributed by atoms with Gasteiger partial charge in [-0.3, -0.25) is 4.79 Å². The fourth-order valence-corrected chi connectivity index (χ4v) is 3.57. The van der Waals surface area contributed by atoms with Gasteiger partial charge in [-0.05, 0) is 37.6 Å². The minimum absolute atomic E-state index is 0.107. The van der Waals surface area contributed by atoms with E-state index < -0.39 is 16.1 Å². The number of hydrogen-bond donors (Lipinski definition) is 1. The molecular formula is C17H26N2O6S. The Hall–Kier alpha value is -1.68. The van der Waals surface area contributed by atoms with Crippen LogP contribution in [0.1, 0.15) is 13.3 Å². The highest BCUT2D eigenvalue weighted by molar-refractivity contribution is 7.89. The fourth-order valence-electron chi connectivity index (χ4n) is 2.50. The van der Waals surface area contributed by atoms with Crippen molar-refractivity contribution in [3.8, 4) is 5.75 Å². The van der Waals surface area contributed by atoms with E-state index in [9.17, 15) is 13.2 Å². The van der Waals surface area contributed by atoms with Gasteiger partial charge in [-0.15, -0.1) is 0 Å². The third-order valence-corrected chi connectivity index (χ3v) is 5.41. The minimum Gasteiger partial charge on any atom is -0.481 e. The van der Waals surface area contributed by atoms with E-state index in [1.165, 1.54) is 12.1 Å². The number of carbonyl (C=O) groups is 1. The molecule has 0 aromatic heterocycles. The van der Waals surface area contributed by atoms with Crippen LogP contribution in [-0.2, 0) is 24.3 Å². The maximum atomic E-state index is 12.3. The normalized spacial score (nSPS) is 16.3. The average molecular weight is 386 g/mol. The van der Waals surface area contributed by atoms with E-state index in [-0.39, 0.29) is 10.8 Å². The molecule has 0 spiro atoms. The first-order valence-corrected chi connectivity index (χ1v) is 10.0. The van der Waals surface area contributed by atoms with Gasteiger partial charge in [-0.25, -0.2) is 13.1 Å². The van der Waals surface area contributed by atoms with E-state index in [4.69, 9.17) is 14.2 Å². The number of rotatable bonds is 9. The van der Waals surface area contributed by atoms with Crippen LogP contribution in [0.25, 0.3) is 0 Å². The lowest BCUT2D eigenvalue weighted by atomic mass is 10.3. The molecule has 1 atom stereocenters. The van der Waals surface area contributed by atoms with Crippen LogP contribution < -0.4 is 9.46 Å². The largest absolute Gasteiger partial charge is 0.481 e. The van der Waals surface area contributed by atoms with Crippen molar-refractivity contribution in [1.82, 2.24) is 9.62 Å². The molecule has 26 heavy (non-hydrogen) atoms. The van der Waals surface area contributed by atoms with Crippen molar-refractivity contribution in [2.45, 2.75) is 24.3 Å². The van der Waals surface area contributed by atoms with E-state index in [0.717, 1.165) is 0 Å². The van der Waals surface area contributed by atoms with Crippen molar-refractivity contribution in [3.05, 3.63) is 24.3 Å². The first-order chi connectivity index (χ1) is 12.4. The number of nitrogens with one attached hydrogen (secondary N) is 1. The van der Waals surface area contributed by atoms with Gasteiger partial charge in [0, 0.05) is 33.4 Å². The fraction of sp³-hybridized carbons (Fsp3) is 0.588. The highest BCUT2D eigenvalue weighted by Gasteiger charge is 2.24. The maximum Gasteiger partial charge on any atom is 0.263 e. The molecule has 0 aliphatic carbocycles. The van der Waals surface area contributed by atoms with E-state index in [1.807, 2.05) is 0 Å². The van der Waals surface area contributed by atoms with Gasteiger partial charge in [0.15, 0.2) is 6.10 Å². The molecule has 1 aromatic carbocycles. The molecule has 1 saturated heterocycles. The highest BCUT2D eigenvalue weighted by Crippen LogP contribution is 2.18. The first-order valence-electron chi connectivity index (χ1n) is 8.56. The monoisotopic (exact) mass is 386 g/mol. The number of methoxy groups -OCH3 is 1. The predicted molar refractivity (Wildman–Crippen MR) is 95.6 cm³/mol. The van der Waals surface area contributed by atoms with E-state index >= 15 is 0 Å². The zero-order chi connectivity index (χ0) is 19.0. The molecule has 2 rings (SSSR count). The molecule has 1 fully saturated rings. The van der Waals surface area contributed by atoms with E-state index in [2.05, 4.69) is 4.72 Å². The molecule has 0 radical (unpaired) electrons. The van der Waals surface area contributed by atoms with Gasteiger partial charge in [0.05, 0.1) is 18.1 Å². The number of amides is 1. The SMILES string of the molecule is COCCCNS(=O)(=O)c1ccc(O[C@@H](C)C(=O)N2CCOCC2)cc1. The van der Waals surface area contributed by atoms with Gasteiger partial charge < -0.3 is 19.1 Å². The maximum absolute atomic E-state index is 12.3. The summed E-state index contributed by atoms with van der Waals surface area (Å²) >= 11 is 0. The summed E-state index contributed by atoms with van der Waals surface area (Å²) in [5, 5.41) is 0. The quantitative estimate of drug-likeness (QED) is 0.626. The highest BCUT2D eigenvalue weighted by atomic mass is 32.2. The summed E-state index contributed by atoms with van der Waals surface area (Å²) < 4.78 is 42.6. The second kappa shape index (κ2) is 9.86. The zero-order valence-electron chi connectivity index (χ0n) is 15.1. The molecule has 1 amide bonds. The summed E-state index contributed by atoms with van der Waals surface area (Å²) in [4.78, 5) is 14.2. The zero-order valence-corrected chi connectivity index (χ0v) is 16.0. The van der Waals surface area contributed by atoms with Crippen molar-refractivity contribution in [3.63, 3.8) is 0 Å². The van der Waals surface area contributed by atoms with Gasteiger partial charge >= 0.3 is 0 Å². The van der Waals surface area contributed by atoms with Crippen LogP contribution in [0.5, 0.6) is 5.75 Å². The lowest BCUT2D eigenvalue weighted by Gasteiger charge is -2.29. The number of hydrogen-bond acceptors (Lipinski definition) is 6. The Morgan fingerprint density at radius 3 is 2.54 bits per heavy atom. The summed E-state index contributed by atoms with van der Waals surface area (Å²) in [6, 6.07) is 6.01.